The van der Waals surface area contributed by atoms with Gasteiger partial charge in [0.15, 0.2) is 0 Å². The maximum atomic E-state index is 12.0. The van der Waals surface area contributed by atoms with E-state index in [1.165, 1.54) is 22.5 Å². The highest BCUT2D eigenvalue weighted by Crippen LogP contribution is 2.21. The number of fused-ring (bicyclic) bond motifs is 1. The lowest BCUT2D eigenvalue weighted by molar-refractivity contribution is -0.121. The summed E-state index contributed by atoms with van der Waals surface area (Å²) in [5.74, 6) is -0.174. The van der Waals surface area contributed by atoms with Gasteiger partial charge in [-0.2, -0.15) is 0 Å². The molecule has 2 heterocycles. The second kappa shape index (κ2) is 8.08. The Kier molecular flexibility index (Phi) is 5.61. The zero-order valence-corrected chi connectivity index (χ0v) is 14.2. The van der Waals surface area contributed by atoms with E-state index in [0.717, 1.165) is 13.0 Å². The van der Waals surface area contributed by atoms with Gasteiger partial charge < -0.3 is 16.0 Å². The van der Waals surface area contributed by atoms with E-state index >= 15 is 0 Å². The summed E-state index contributed by atoms with van der Waals surface area (Å²) in [6.07, 6.45) is 1.31. The Hall–Kier alpha value is -2.18. The second-order valence-electron chi connectivity index (χ2n) is 5.74. The second-order valence-corrected chi connectivity index (χ2v) is 6.69. The lowest BCUT2D eigenvalue weighted by Crippen LogP contribution is -2.39. The molecule has 1 aliphatic rings. The van der Waals surface area contributed by atoms with Gasteiger partial charge >= 0.3 is 0 Å². The van der Waals surface area contributed by atoms with E-state index in [2.05, 4.69) is 34.1 Å². The van der Waals surface area contributed by atoms with E-state index in [-0.39, 0.29) is 24.3 Å². The highest BCUT2D eigenvalue weighted by Gasteiger charge is 2.19. The molecular formula is C18H21N3O2S. The predicted molar refractivity (Wildman–Crippen MR) is 95.2 cm³/mol. The van der Waals surface area contributed by atoms with Crippen LogP contribution in [0.5, 0.6) is 0 Å². The first-order valence-corrected chi connectivity index (χ1v) is 9.01. The van der Waals surface area contributed by atoms with Crippen LogP contribution in [0.2, 0.25) is 0 Å². The minimum atomic E-state index is -0.124. The van der Waals surface area contributed by atoms with E-state index in [9.17, 15) is 9.59 Å². The van der Waals surface area contributed by atoms with Crippen molar-refractivity contribution < 1.29 is 9.59 Å². The van der Waals surface area contributed by atoms with E-state index in [4.69, 9.17) is 0 Å². The number of amides is 2. The Balaban J connectivity index is 1.41. The van der Waals surface area contributed by atoms with E-state index in [0.29, 0.717) is 18.0 Å². The van der Waals surface area contributed by atoms with Crippen LogP contribution in [0, 0.1) is 0 Å². The van der Waals surface area contributed by atoms with Crippen molar-refractivity contribution in [1.82, 2.24) is 16.0 Å². The smallest absolute Gasteiger partial charge is 0.261 e. The summed E-state index contributed by atoms with van der Waals surface area (Å²) in [6.45, 7) is 1.83. The Labute approximate surface area is 145 Å². The van der Waals surface area contributed by atoms with Crippen LogP contribution in [0.1, 0.15) is 33.3 Å². The first kappa shape index (κ1) is 16.7. The maximum Gasteiger partial charge on any atom is 0.261 e. The lowest BCUT2D eigenvalue weighted by atomic mass is 9.94. The number of carbonyl (C=O) groups excluding carboxylic acids is 2. The first-order valence-electron chi connectivity index (χ1n) is 8.13. The molecule has 2 amide bonds. The highest BCUT2D eigenvalue weighted by atomic mass is 32.1. The molecule has 3 N–H and O–H groups in total. The summed E-state index contributed by atoms with van der Waals surface area (Å²) in [5, 5.41) is 11.0. The van der Waals surface area contributed by atoms with Crippen LogP contribution >= 0.6 is 11.3 Å². The van der Waals surface area contributed by atoms with Gasteiger partial charge in [0.05, 0.1) is 4.88 Å². The fourth-order valence-corrected chi connectivity index (χ4v) is 3.50. The van der Waals surface area contributed by atoms with Crippen LogP contribution in [0.3, 0.4) is 0 Å². The zero-order chi connectivity index (χ0) is 16.8. The predicted octanol–water partition coefficient (Wildman–Crippen LogP) is 1.87. The third-order valence-corrected chi connectivity index (χ3v) is 4.97. The molecule has 1 aromatic heterocycles. The normalized spacial score (nSPS) is 16.2. The summed E-state index contributed by atoms with van der Waals surface area (Å²) in [4.78, 5) is 24.4. The molecule has 0 bridgehead atoms. The van der Waals surface area contributed by atoms with Crippen LogP contribution in [0.15, 0.2) is 41.8 Å². The lowest BCUT2D eigenvalue weighted by Gasteiger charge is -2.27. The number of nitrogens with one attached hydrogen (secondary N) is 3. The minimum absolute atomic E-state index is 0.0497. The molecule has 24 heavy (non-hydrogen) atoms. The van der Waals surface area contributed by atoms with E-state index < -0.39 is 0 Å². The Morgan fingerprint density at radius 3 is 2.88 bits per heavy atom. The third kappa shape index (κ3) is 4.21. The van der Waals surface area contributed by atoms with E-state index in [1.807, 2.05) is 17.5 Å². The molecule has 0 saturated heterocycles. The molecule has 1 aromatic carbocycles. The Morgan fingerprint density at radius 1 is 1.17 bits per heavy atom. The Morgan fingerprint density at radius 2 is 2.04 bits per heavy atom. The van der Waals surface area contributed by atoms with Crippen molar-refractivity contribution in [3.63, 3.8) is 0 Å². The van der Waals surface area contributed by atoms with Crippen LogP contribution in [-0.4, -0.2) is 31.4 Å². The quantitative estimate of drug-likeness (QED) is 0.750. The van der Waals surface area contributed by atoms with Gasteiger partial charge in [-0.1, -0.05) is 30.3 Å². The van der Waals surface area contributed by atoms with Crippen molar-refractivity contribution in [3.05, 3.63) is 57.8 Å². The van der Waals surface area contributed by atoms with Gasteiger partial charge in [0.1, 0.15) is 0 Å². The molecule has 126 valence electrons. The standard InChI is InChI=1S/C18H21N3O2S/c22-17(8-10-20-18(23)16-6-3-11-24-16)21-12-15-14-5-2-1-4-13(14)7-9-19-15/h1-6,11,15,19H,7-10,12H2,(H,20,23)(H,21,22). The topological polar surface area (TPSA) is 70.2 Å². The average Bonchev–Trinajstić information content (AvgIpc) is 3.14. The summed E-state index contributed by atoms with van der Waals surface area (Å²) < 4.78 is 0. The maximum absolute atomic E-state index is 12.0. The van der Waals surface area contributed by atoms with Crippen molar-refractivity contribution in [1.29, 1.82) is 0 Å². The molecular weight excluding hydrogens is 322 g/mol. The van der Waals surface area contributed by atoms with E-state index in [1.54, 1.807) is 6.07 Å². The van der Waals surface area contributed by atoms with Gasteiger partial charge in [0.25, 0.3) is 5.91 Å². The molecule has 1 atom stereocenters. The van der Waals surface area contributed by atoms with Crippen LogP contribution in [0.25, 0.3) is 0 Å². The molecule has 3 rings (SSSR count). The molecule has 0 saturated carbocycles. The number of hydrogen-bond acceptors (Lipinski definition) is 4. The average molecular weight is 343 g/mol. The monoisotopic (exact) mass is 343 g/mol. The summed E-state index contributed by atoms with van der Waals surface area (Å²) in [6, 6.07) is 12.1. The van der Waals surface area contributed by atoms with Gasteiger partial charge in [-0.3, -0.25) is 9.59 Å². The number of carbonyl (C=O) groups is 2. The largest absolute Gasteiger partial charge is 0.354 e. The zero-order valence-electron chi connectivity index (χ0n) is 13.4. The highest BCUT2D eigenvalue weighted by molar-refractivity contribution is 7.12. The summed E-state index contributed by atoms with van der Waals surface area (Å²) in [5.41, 5.74) is 2.61. The number of rotatable bonds is 6. The van der Waals surface area contributed by atoms with Gasteiger partial charge in [0, 0.05) is 25.6 Å². The summed E-state index contributed by atoms with van der Waals surface area (Å²) in [7, 11) is 0. The van der Waals surface area contributed by atoms with Crippen molar-refractivity contribution in [2.24, 2.45) is 0 Å². The Bertz CT molecular complexity index is 700. The van der Waals surface area contributed by atoms with Crippen molar-refractivity contribution in [3.8, 4) is 0 Å². The van der Waals surface area contributed by atoms with Gasteiger partial charge in [0.2, 0.25) is 5.91 Å². The first-order chi connectivity index (χ1) is 11.7. The molecule has 0 fully saturated rings. The molecule has 0 radical (unpaired) electrons. The number of hydrogen-bond donors (Lipinski definition) is 3. The van der Waals surface area contributed by atoms with Gasteiger partial charge in [-0.05, 0) is 35.5 Å². The molecule has 6 heteroatoms. The van der Waals surface area contributed by atoms with Crippen molar-refractivity contribution in [2.45, 2.75) is 18.9 Å². The van der Waals surface area contributed by atoms with Crippen LogP contribution < -0.4 is 16.0 Å². The van der Waals surface area contributed by atoms with Crippen molar-refractivity contribution in [2.75, 3.05) is 19.6 Å². The van der Waals surface area contributed by atoms with Gasteiger partial charge in [-0.25, -0.2) is 0 Å². The number of benzene rings is 1. The summed E-state index contributed by atoms with van der Waals surface area (Å²) >= 11 is 1.39. The SMILES string of the molecule is O=C(CCNC(=O)c1cccs1)NCC1NCCc2ccccc21. The molecule has 1 unspecified atom stereocenters. The van der Waals surface area contributed by atoms with Crippen LogP contribution in [-0.2, 0) is 11.2 Å². The number of thiophene rings is 1. The van der Waals surface area contributed by atoms with Crippen LogP contribution in [0.4, 0.5) is 0 Å². The molecule has 0 spiro atoms. The molecule has 1 aliphatic heterocycles. The third-order valence-electron chi connectivity index (χ3n) is 4.10. The fraction of sp³-hybridized carbons (Fsp3) is 0.333. The molecule has 0 aliphatic carbocycles. The van der Waals surface area contributed by atoms with Crippen molar-refractivity contribution >= 4 is 23.2 Å². The minimum Gasteiger partial charge on any atom is -0.354 e. The van der Waals surface area contributed by atoms with Gasteiger partial charge in [-0.15, -0.1) is 11.3 Å². The fourth-order valence-electron chi connectivity index (χ4n) is 2.86. The molecule has 5 nitrogen and oxygen atoms in total. The molecule has 2 aromatic rings.